The van der Waals surface area contributed by atoms with E-state index in [0.29, 0.717) is 0 Å². The molecule has 0 amide bonds. The summed E-state index contributed by atoms with van der Waals surface area (Å²) < 4.78 is 2.35. The van der Waals surface area contributed by atoms with E-state index in [4.69, 9.17) is 4.98 Å². The molecular formula is C33H22N2. The zero-order chi connectivity index (χ0) is 23.2. The molecule has 2 nitrogen and oxygen atoms in total. The Morgan fingerprint density at radius 3 is 1.54 bits per heavy atom. The minimum Gasteiger partial charge on any atom is -0.291 e. The monoisotopic (exact) mass is 446 g/mol. The van der Waals surface area contributed by atoms with Crippen molar-refractivity contribution < 1.29 is 0 Å². The molecule has 0 aliphatic heterocycles. The van der Waals surface area contributed by atoms with Crippen LogP contribution in [0, 0.1) is 0 Å². The van der Waals surface area contributed by atoms with Crippen LogP contribution < -0.4 is 0 Å². The van der Waals surface area contributed by atoms with Gasteiger partial charge in [-0.1, -0.05) is 121 Å². The molecule has 0 radical (unpaired) electrons. The number of aromatic nitrogens is 2. The third-order valence-electron chi connectivity index (χ3n) is 6.78. The van der Waals surface area contributed by atoms with Crippen LogP contribution in [0.25, 0.3) is 60.8 Å². The van der Waals surface area contributed by atoms with Crippen LogP contribution >= 0.6 is 0 Å². The second-order valence-corrected chi connectivity index (χ2v) is 8.81. The van der Waals surface area contributed by atoms with E-state index < -0.39 is 0 Å². The Morgan fingerprint density at radius 1 is 0.429 bits per heavy atom. The number of hydrogen-bond donors (Lipinski definition) is 0. The SMILES string of the molecule is c1ccc(-c2c3ccccc3c(-n3c(-c4ccccc4)nc4ccccc43)c3ccccc23)cc1. The largest absolute Gasteiger partial charge is 0.291 e. The van der Waals surface area contributed by atoms with Crippen molar-refractivity contribution in [3.8, 4) is 28.2 Å². The first kappa shape index (κ1) is 19.7. The molecule has 35 heavy (non-hydrogen) atoms. The maximum absolute atomic E-state index is 5.12. The first-order chi connectivity index (χ1) is 17.4. The highest BCUT2D eigenvalue weighted by molar-refractivity contribution is 6.18. The van der Waals surface area contributed by atoms with E-state index in [1.165, 1.54) is 38.4 Å². The van der Waals surface area contributed by atoms with Crippen molar-refractivity contribution in [1.29, 1.82) is 0 Å². The lowest BCUT2D eigenvalue weighted by atomic mass is 9.90. The van der Waals surface area contributed by atoms with E-state index in [-0.39, 0.29) is 0 Å². The molecular weight excluding hydrogens is 424 g/mol. The lowest BCUT2D eigenvalue weighted by molar-refractivity contribution is 1.13. The Hall–Kier alpha value is -4.69. The van der Waals surface area contributed by atoms with Crippen molar-refractivity contribution in [2.24, 2.45) is 0 Å². The zero-order valence-electron chi connectivity index (χ0n) is 19.1. The van der Waals surface area contributed by atoms with Gasteiger partial charge in [0.25, 0.3) is 0 Å². The van der Waals surface area contributed by atoms with E-state index in [1.807, 2.05) is 0 Å². The van der Waals surface area contributed by atoms with E-state index in [1.54, 1.807) is 0 Å². The molecule has 164 valence electrons. The summed E-state index contributed by atoms with van der Waals surface area (Å²) in [6.45, 7) is 0. The molecule has 0 spiro atoms. The number of nitrogens with zero attached hydrogens (tertiary/aromatic N) is 2. The number of hydrogen-bond acceptors (Lipinski definition) is 1. The third kappa shape index (κ3) is 3.08. The van der Waals surface area contributed by atoms with Crippen LogP contribution in [0.15, 0.2) is 133 Å². The smallest absolute Gasteiger partial charge is 0.145 e. The zero-order valence-corrected chi connectivity index (χ0v) is 19.1. The van der Waals surface area contributed by atoms with Crippen LogP contribution in [0.1, 0.15) is 0 Å². The van der Waals surface area contributed by atoms with Crippen molar-refractivity contribution in [2.75, 3.05) is 0 Å². The van der Waals surface area contributed by atoms with Gasteiger partial charge in [0, 0.05) is 16.3 Å². The minimum absolute atomic E-state index is 0.953. The summed E-state index contributed by atoms with van der Waals surface area (Å²) in [7, 11) is 0. The van der Waals surface area contributed by atoms with Gasteiger partial charge in [-0.25, -0.2) is 4.98 Å². The summed E-state index contributed by atoms with van der Waals surface area (Å²) in [4.78, 5) is 5.12. The molecule has 0 unspecified atom stereocenters. The molecule has 0 saturated heterocycles. The van der Waals surface area contributed by atoms with Gasteiger partial charge in [0.1, 0.15) is 5.82 Å². The van der Waals surface area contributed by atoms with Crippen molar-refractivity contribution in [1.82, 2.24) is 9.55 Å². The topological polar surface area (TPSA) is 17.8 Å². The second-order valence-electron chi connectivity index (χ2n) is 8.81. The predicted octanol–water partition coefficient (Wildman–Crippen LogP) is 8.67. The predicted molar refractivity (Wildman–Crippen MR) is 147 cm³/mol. The van der Waals surface area contributed by atoms with Crippen LogP contribution in [0.5, 0.6) is 0 Å². The Bertz CT molecular complexity index is 1770. The molecule has 0 aliphatic carbocycles. The molecule has 0 saturated carbocycles. The summed E-state index contributed by atoms with van der Waals surface area (Å²) in [5.41, 5.74) is 6.87. The fourth-order valence-electron chi connectivity index (χ4n) is 5.30. The van der Waals surface area contributed by atoms with Crippen molar-refractivity contribution >= 4 is 32.6 Å². The molecule has 2 heteroatoms. The minimum atomic E-state index is 0.953. The molecule has 0 atom stereocenters. The van der Waals surface area contributed by atoms with Gasteiger partial charge in [-0.3, -0.25) is 4.57 Å². The van der Waals surface area contributed by atoms with E-state index >= 15 is 0 Å². The quantitative estimate of drug-likeness (QED) is 0.248. The van der Waals surface area contributed by atoms with E-state index in [2.05, 4.69) is 138 Å². The standard InChI is InChI=1S/C33H22N2/c1-3-13-23(14-4-1)31-25-17-7-9-19-27(25)32(28-20-10-8-18-26(28)31)35-30-22-12-11-21-29(30)34-33(35)24-15-5-2-6-16-24/h1-22H. The molecule has 7 rings (SSSR count). The van der Waals surface area contributed by atoms with Crippen LogP contribution in [0.2, 0.25) is 0 Å². The van der Waals surface area contributed by atoms with Gasteiger partial charge in [0.05, 0.1) is 16.7 Å². The van der Waals surface area contributed by atoms with Crippen LogP contribution in [0.4, 0.5) is 0 Å². The summed E-state index contributed by atoms with van der Waals surface area (Å²) in [6.07, 6.45) is 0. The first-order valence-electron chi connectivity index (χ1n) is 11.9. The number of fused-ring (bicyclic) bond motifs is 3. The van der Waals surface area contributed by atoms with Crippen molar-refractivity contribution in [2.45, 2.75) is 0 Å². The maximum atomic E-state index is 5.12. The average Bonchev–Trinajstić information content (AvgIpc) is 3.32. The normalized spacial score (nSPS) is 11.4. The fourth-order valence-corrected chi connectivity index (χ4v) is 5.30. The highest BCUT2D eigenvalue weighted by Gasteiger charge is 2.21. The summed E-state index contributed by atoms with van der Waals surface area (Å²) in [5.74, 6) is 0.953. The average molecular weight is 447 g/mol. The maximum Gasteiger partial charge on any atom is 0.145 e. The van der Waals surface area contributed by atoms with Gasteiger partial charge in [-0.15, -0.1) is 0 Å². The highest BCUT2D eigenvalue weighted by atomic mass is 15.1. The fraction of sp³-hybridized carbons (Fsp3) is 0. The third-order valence-corrected chi connectivity index (χ3v) is 6.78. The summed E-state index contributed by atoms with van der Waals surface area (Å²) in [6, 6.07) is 47.1. The van der Waals surface area contributed by atoms with Crippen molar-refractivity contribution in [3.63, 3.8) is 0 Å². The first-order valence-corrected chi connectivity index (χ1v) is 11.9. The number of para-hydroxylation sites is 2. The molecule has 0 bridgehead atoms. The van der Waals surface area contributed by atoms with E-state index in [0.717, 1.165) is 22.4 Å². The molecule has 6 aromatic carbocycles. The number of benzene rings is 6. The second kappa shape index (κ2) is 7.96. The molecule has 0 fully saturated rings. The van der Waals surface area contributed by atoms with Gasteiger partial charge >= 0.3 is 0 Å². The molecule has 0 aliphatic rings. The summed E-state index contributed by atoms with van der Waals surface area (Å²) in [5, 5.41) is 4.91. The van der Waals surface area contributed by atoms with Crippen LogP contribution in [-0.2, 0) is 0 Å². The number of imidazole rings is 1. The highest BCUT2D eigenvalue weighted by Crippen LogP contribution is 2.43. The van der Waals surface area contributed by atoms with Crippen molar-refractivity contribution in [3.05, 3.63) is 133 Å². The Kier molecular flexibility index (Phi) is 4.49. The van der Waals surface area contributed by atoms with Gasteiger partial charge < -0.3 is 0 Å². The van der Waals surface area contributed by atoms with E-state index in [9.17, 15) is 0 Å². The summed E-state index contributed by atoms with van der Waals surface area (Å²) >= 11 is 0. The molecule has 1 aromatic heterocycles. The molecule has 1 heterocycles. The Morgan fingerprint density at radius 2 is 0.914 bits per heavy atom. The molecule has 7 aromatic rings. The number of rotatable bonds is 3. The molecule has 0 N–H and O–H groups in total. The van der Waals surface area contributed by atoms with Gasteiger partial charge in [-0.2, -0.15) is 0 Å². The van der Waals surface area contributed by atoms with Crippen LogP contribution in [0.3, 0.4) is 0 Å². The Balaban J connectivity index is 1.70. The van der Waals surface area contributed by atoms with Crippen LogP contribution in [-0.4, -0.2) is 9.55 Å². The van der Waals surface area contributed by atoms with Gasteiger partial charge in [0.15, 0.2) is 0 Å². The van der Waals surface area contributed by atoms with Gasteiger partial charge in [0.2, 0.25) is 0 Å². The Labute approximate surface area is 203 Å². The van der Waals surface area contributed by atoms with Gasteiger partial charge in [-0.05, 0) is 34.0 Å². The lowest BCUT2D eigenvalue weighted by Gasteiger charge is -2.20. The lowest BCUT2D eigenvalue weighted by Crippen LogP contribution is -2.01.